The third-order valence-corrected chi connectivity index (χ3v) is 15.4. The number of carboxylic acids is 1. The normalized spacial score (nSPS) is 15.3. The average Bonchev–Trinajstić information content (AvgIpc) is 1.56. The lowest BCUT2D eigenvalue weighted by atomic mass is 10.0. The van der Waals surface area contributed by atoms with Crippen LogP contribution in [0.3, 0.4) is 0 Å². The first-order valence-electron chi connectivity index (χ1n) is 28.5. The minimum atomic E-state index is -1.50. The topological polar surface area (TPSA) is 373 Å². The number of rotatable bonds is 16. The maximum absolute atomic E-state index is 15.5. The minimum absolute atomic E-state index is 0. The first-order valence-corrected chi connectivity index (χ1v) is 29.2. The highest BCUT2D eigenvalue weighted by Gasteiger charge is 2.40. The van der Waals surface area contributed by atoms with Crippen LogP contribution >= 0.6 is 35.6 Å². The molecule has 32 heteroatoms. The zero-order valence-electron chi connectivity index (χ0n) is 49.6. The Balaban J connectivity index is 0.000000186. The van der Waals surface area contributed by atoms with E-state index in [0.717, 1.165) is 4.90 Å². The third kappa shape index (κ3) is 15.9. The van der Waals surface area contributed by atoms with E-state index in [9.17, 15) is 41.9 Å². The number of alkyl halides is 2. The van der Waals surface area contributed by atoms with Gasteiger partial charge in [-0.3, -0.25) is 38.1 Å². The average molecular weight is 1370 g/mol. The molecule has 25 nitrogen and oxygen atoms in total. The molecule has 0 bridgehead atoms. The van der Waals surface area contributed by atoms with Crippen molar-refractivity contribution in [1.29, 1.82) is 10.5 Å². The first-order chi connectivity index (χ1) is 45.7. The number of benzene rings is 6. The van der Waals surface area contributed by atoms with Gasteiger partial charge in [0, 0.05) is 73.8 Å². The van der Waals surface area contributed by atoms with Crippen LogP contribution in [0.2, 0.25) is 10.0 Å². The summed E-state index contributed by atoms with van der Waals surface area (Å²) in [6, 6.07) is 34.3. The highest BCUT2D eigenvalue weighted by molar-refractivity contribution is 6.33. The number of fused-ring (bicyclic) bond motifs is 2. The predicted octanol–water partition coefficient (Wildman–Crippen LogP) is 9.41. The number of carbonyl (C=O) groups is 6. The van der Waals surface area contributed by atoms with Crippen LogP contribution in [0.5, 0.6) is 0 Å². The molecular formula is C64H51Cl3F4N18O7. The summed E-state index contributed by atoms with van der Waals surface area (Å²) in [5.74, 6) is -5.40. The number of nitrogens with zero attached hydrogens (tertiary/aromatic N) is 11. The fraction of sp³-hybridized carbons (Fsp3) is 0.156. The maximum atomic E-state index is 15.5. The van der Waals surface area contributed by atoms with Crippen LogP contribution in [-0.4, -0.2) is 123 Å². The molecule has 12 rings (SSSR count). The first kappa shape index (κ1) is 68.7. The summed E-state index contributed by atoms with van der Waals surface area (Å²) in [4.78, 5) is 90.9. The number of likely N-dealkylation sites (tertiary alicyclic amines) is 1. The number of anilines is 6. The van der Waals surface area contributed by atoms with Gasteiger partial charge in [-0.1, -0.05) is 83.9 Å². The molecule has 488 valence electrons. The Bertz CT molecular complexity index is 4730. The van der Waals surface area contributed by atoms with Crippen LogP contribution in [0.4, 0.5) is 52.2 Å². The van der Waals surface area contributed by atoms with E-state index in [4.69, 9.17) is 50.3 Å². The van der Waals surface area contributed by atoms with E-state index in [-0.39, 0.29) is 84.1 Å². The van der Waals surface area contributed by atoms with Crippen LogP contribution in [0.25, 0.3) is 44.1 Å². The third-order valence-electron chi connectivity index (χ3n) is 14.7. The van der Waals surface area contributed by atoms with E-state index in [1.165, 1.54) is 52.4 Å². The number of aliphatic carboxylic acids is 1. The molecule has 6 heterocycles. The molecule has 10 aromatic rings. The smallest absolute Gasteiger partial charge is 0.325 e. The molecule has 4 aromatic heterocycles. The molecule has 2 fully saturated rings. The zero-order chi connectivity index (χ0) is 67.6. The number of hydrogen-bond acceptors (Lipinski definition) is 17. The number of nitrogens with one attached hydrogen (secondary N) is 5. The van der Waals surface area contributed by atoms with E-state index < -0.39 is 84.7 Å². The molecular weight excluding hydrogens is 1320 g/mol. The summed E-state index contributed by atoms with van der Waals surface area (Å²) in [5, 5.41) is 50.0. The molecule has 5 amide bonds. The van der Waals surface area contributed by atoms with Crippen molar-refractivity contribution in [1.82, 2.24) is 49.7 Å². The number of nitriles is 2. The standard InChI is InChI=1S/C32H24ClF2N9O3.C17H15ClF2N2O.C15H11N7O3.ClH/c33-23-6-2-1-4-20(23)21-5-3-7-24(28(21)35)41-31(47)26-10-18(34)15-43(26)27(45)16-44-25-9-8-19(11-22(25)29(42-44)30(37)46)40-32-38-13-17(12-36)14-39-32;18-13-6-2-1-4-11(13)12-5-3-7-14(16(12)20)22-17(23)15-8-10(19)9-21-15;16-4-8-5-18-15(19-6-8)20-9-1-2-11-10(3-9)13(14(17)25)21-22(11)7-12(23)24;/h1-9,11,13-14,18,26H,10,15-16H2,(H2,37,46)(H,41,47)(H,38,39,40);1-7,10,15,21H,8-9H2,(H,22,23);1-3,5-6H,7H2,(H2,17,25)(H,23,24)(H,18,19,20);1H/t18-,26+;10-,15+;;/m11../s1. The Morgan fingerprint density at radius 3 is 1.48 bits per heavy atom. The molecule has 0 spiro atoms. The van der Waals surface area contributed by atoms with Crippen LogP contribution in [0.15, 0.2) is 146 Å². The lowest BCUT2D eigenvalue weighted by Gasteiger charge is -2.24. The van der Waals surface area contributed by atoms with Crippen LogP contribution in [0.1, 0.15) is 44.9 Å². The largest absolute Gasteiger partial charge is 0.480 e. The zero-order valence-corrected chi connectivity index (χ0v) is 51.9. The molecule has 10 N–H and O–H groups in total. The van der Waals surface area contributed by atoms with Gasteiger partial charge in [-0.25, -0.2) is 37.5 Å². The van der Waals surface area contributed by atoms with Crippen molar-refractivity contribution in [3.8, 4) is 34.4 Å². The number of aromatic nitrogens is 8. The van der Waals surface area contributed by atoms with E-state index in [2.05, 4.69) is 56.7 Å². The van der Waals surface area contributed by atoms with E-state index in [1.54, 1.807) is 103 Å². The van der Waals surface area contributed by atoms with Crippen LogP contribution in [0, 0.1) is 34.3 Å². The van der Waals surface area contributed by atoms with Gasteiger partial charge in [-0.15, -0.1) is 12.4 Å². The predicted molar refractivity (Wildman–Crippen MR) is 349 cm³/mol. The molecule has 0 unspecified atom stereocenters. The molecule has 0 aliphatic carbocycles. The van der Waals surface area contributed by atoms with E-state index in [0.29, 0.717) is 65.5 Å². The van der Waals surface area contributed by atoms with E-state index >= 15 is 4.39 Å². The Hall–Kier alpha value is -11.6. The van der Waals surface area contributed by atoms with Gasteiger partial charge in [-0.2, -0.15) is 20.7 Å². The SMILES string of the molecule is Cl.N#Cc1cnc(Nc2ccc3c(c2)c(C(N)=O)nn3CC(=O)N2C[C@H](F)C[C@H]2C(=O)Nc2cccc(-c3ccccc3Cl)c2F)nc1.N#Cc1cnc(Nc2ccc3c(c2)c(C(N)=O)nn3CC(=O)O)nc1.O=C(Nc1cccc(-c2ccccc2Cl)c1F)[C@@H]1C[C@@H](F)CN1. The molecule has 6 aromatic carbocycles. The highest BCUT2D eigenvalue weighted by atomic mass is 35.5. The van der Waals surface area contributed by atoms with Crippen molar-refractivity contribution in [2.75, 3.05) is 34.4 Å². The van der Waals surface area contributed by atoms with Crippen molar-refractivity contribution in [3.05, 3.63) is 190 Å². The van der Waals surface area contributed by atoms with Gasteiger partial charge in [0.05, 0.1) is 70.9 Å². The fourth-order valence-corrected chi connectivity index (χ4v) is 10.8. The van der Waals surface area contributed by atoms with Gasteiger partial charge in [0.1, 0.15) is 43.6 Å². The summed E-state index contributed by atoms with van der Waals surface area (Å²) in [6.07, 6.45) is 2.68. The molecule has 2 aliphatic rings. The summed E-state index contributed by atoms with van der Waals surface area (Å²) in [5.41, 5.74) is 14.5. The molecule has 2 saturated heterocycles. The van der Waals surface area contributed by atoms with Gasteiger partial charge >= 0.3 is 5.97 Å². The van der Waals surface area contributed by atoms with Gasteiger partial charge in [0.15, 0.2) is 23.0 Å². The molecule has 96 heavy (non-hydrogen) atoms. The summed E-state index contributed by atoms with van der Waals surface area (Å²) in [6.45, 7) is -1.06. The Labute approximate surface area is 557 Å². The van der Waals surface area contributed by atoms with Crippen LogP contribution in [-0.2, 0) is 32.3 Å². The van der Waals surface area contributed by atoms with Crippen molar-refractivity contribution < 1.29 is 51.4 Å². The molecule has 0 radical (unpaired) electrons. The lowest BCUT2D eigenvalue weighted by Crippen LogP contribution is -2.44. The van der Waals surface area contributed by atoms with Crippen molar-refractivity contribution in [2.24, 2.45) is 11.5 Å². The van der Waals surface area contributed by atoms with Crippen molar-refractivity contribution in [3.63, 3.8) is 0 Å². The molecule has 2 aliphatic heterocycles. The number of carboxylic acid groups (broad SMARTS) is 1. The van der Waals surface area contributed by atoms with Gasteiger partial charge in [0.25, 0.3) is 11.8 Å². The maximum Gasteiger partial charge on any atom is 0.325 e. The number of carbonyl (C=O) groups excluding carboxylic acids is 5. The van der Waals surface area contributed by atoms with E-state index in [1.807, 2.05) is 12.1 Å². The minimum Gasteiger partial charge on any atom is -0.480 e. The number of nitrogens with two attached hydrogens (primary N) is 2. The van der Waals surface area contributed by atoms with Gasteiger partial charge < -0.3 is 48.1 Å². The summed E-state index contributed by atoms with van der Waals surface area (Å²) in [7, 11) is 0. The number of primary amides is 2. The quantitative estimate of drug-likeness (QED) is 0.0417. The Morgan fingerprint density at radius 1 is 0.604 bits per heavy atom. The number of hydrogen-bond donors (Lipinski definition) is 8. The second-order valence-electron chi connectivity index (χ2n) is 21.1. The van der Waals surface area contributed by atoms with Crippen LogP contribution < -0.4 is 38.1 Å². The number of amides is 5. The molecule has 0 saturated carbocycles. The Morgan fingerprint density at radius 2 is 1.05 bits per heavy atom. The second-order valence-corrected chi connectivity index (χ2v) is 21.9. The Kier molecular flexibility index (Phi) is 21.8. The summed E-state index contributed by atoms with van der Waals surface area (Å²) >= 11 is 12.3. The highest BCUT2D eigenvalue weighted by Crippen LogP contribution is 2.36. The lowest BCUT2D eigenvalue weighted by molar-refractivity contribution is -0.138. The monoisotopic (exact) mass is 1360 g/mol. The van der Waals surface area contributed by atoms with Crippen molar-refractivity contribution in [2.45, 2.75) is 50.4 Å². The summed E-state index contributed by atoms with van der Waals surface area (Å²) < 4.78 is 60.5. The fourth-order valence-electron chi connectivity index (χ4n) is 10.3. The number of halogens is 7. The van der Waals surface area contributed by atoms with Gasteiger partial charge in [0.2, 0.25) is 29.6 Å². The molecule has 4 atom stereocenters. The van der Waals surface area contributed by atoms with Crippen molar-refractivity contribution >= 4 is 128 Å². The second kappa shape index (κ2) is 30.4. The van der Waals surface area contributed by atoms with Gasteiger partial charge in [-0.05, 0) is 60.7 Å².